The lowest BCUT2D eigenvalue weighted by atomic mass is 9.69. The lowest BCUT2D eigenvalue weighted by Crippen LogP contribution is -2.53. The molecule has 2 aromatic heterocycles. The first-order chi connectivity index (χ1) is 12.8. The molecule has 0 aliphatic carbocycles. The Labute approximate surface area is 159 Å². The van der Waals surface area contributed by atoms with Crippen LogP contribution in [0.15, 0.2) is 36.7 Å². The number of halogens is 1. The average molecular weight is 367 g/mol. The van der Waals surface area contributed by atoms with Crippen molar-refractivity contribution in [3.8, 4) is 11.1 Å². The second kappa shape index (κ2) is 6.43. The molecule has 3 heterocycles. The summed E-state index contributed by atoms with van der Waals surface area (Å²) in [5.41, 5.74) is 3.42. The van der Waals surface area contributed by atoms with Crippen molar-refractivity contribution >= 4 is 11.0 Å². The molecule has 0 radical (unpaired) electrons. The summed E-state index contributed by atoms with van der Waals surface area (Å²) in [5.74, 6) is -0.0397. The first-order valence-electron chi connectivity index (χ1n) is 9.46. The fourth-order valence-corrected chi connectivity index (χ4v) is 4.84. The number of benzene rings is 1. The van der Waals surface area contributed by atoms with E-state index < -0.39 is 5.60 Å². The van der Waals surface area contributed by atoms with Gasteiger partial charge < -0.3 is 15.0 Å². The van der Waals surface area contributed by atoms with E-state index in [1.807, 2.05) is 31.2 Å². The topological polar surface area (TPSA) is 52.1 Å². The van der Waals surface area contributed by atoms with Crippen molar-refractivity contribution in [2.24, 2.45) is 11.8 Å². The molecule has 0 bridgehead atoms. The molecular weight excluding hydrogens is 341 g/mol. The number of rotatable bonds is 2. The van der Waals surface area contributed by atoms with Crippen molar-refractivity contribution in [1.82, 2.24) is 14.9 Å². The van der Waals surface area contributed by atoms with E-state index in [2.05, 4.69) is 35.8 Å². The van der Waals surface area contributed by atoms with Crippen molar-refractivity contribution in [3.63, 3.8) is 0 Å². The Bertz CT molecular complexity index is 984. The zero-order chi connectivity index (χ0) is 19.3. The van der Waals surface area contributed by atoms with Gasteiger partial charge in [-0.05, 0) is 42.3 Å². The number of piperidine rings is 1. The molecule has 4 nitrogen and oxygen atoms in total. The first-order valence-corrected chi connectivity index (χ1v) is 9.46. The molecule has 3 atom stereocenters. The number of nitrogens with one attached hydrogen (secondary N) is 1. The van der Waals surface area contributed by atoms with Gasteiger partial charge in [0.15, 0.2) is 5.82 Å². The van der Waals surface area contributed by atoms with E-state index in [9.17, 15) is 9.50 Å². The maximum absolute atomic E-state index is 14.2. The van der Waals surface area contributed by atoms with Gasteiger partial charge in [-0.1, -0.05) is 32.0 Å². The second-order valence-corrected chi connectivity index (χ2v) is 8.10. The fraction of sp³-hybridized carbons (Fsp3) is 0.409. The Morgan fingerprint density at radius 3 is 2.59 bits per heavy atom. The predicted octanol–water partition coefficient (Wildman–Crippen LogP) is 4.08. The smallest absolute Gasteiger partial charge is 0.150 e. The zero-order valence-corrected chi connectivity index (χ0v) is 16.3. The van der Waals surface area contributed by atoms with Gasteiger partial charge in [0.2, 0.25) is 0 Å². The minimum Gasteiger partial charge on any atom is -0.384 e. The van der Waals surface area contributed by atoms with Crippen LogP contribution in [0.3, 0.4) is 0 Å². The maximum Gasteiger partial charge on any atom is 0.150 e. The van der Waals surface area contributed by atoms with Crippen LogP contribution in [0, 0.1) is 24.6 Å². The van der Waals surface area contributed by atoms with Crippen LogP contribution in [-0.2, 0) is 5.60 Å². The molecule has 1 saturated heterocycles. The van der Waals surface area contributed by atoms with Gasteiger partial charge in [-0.3, -0.25) is 0 Å². The maximum atomic E-state index is 14.2. The molecule has 0 spiro atoms. The van der Waals surface area contributed by atoms with Crippen molar-refractivity contribution in [2.75, 3.05) is 20.1 Å². The Morgan fingerprint density at radius 1 is 1.22 bits per heavy atom. The Kier molecular flexibility index (Phi) is 4.32. The van der Waals surface area contributed by atoms with Crippen molar-refractivity contribution in [3.05, 3.63) is 53.6 Å². The van der Waals surface area contributed by atoms with Crippen LogP contribution >= 0.6 is 0 Å². The molecule has 3 aromatic rings. The van der Waals surface area contributed by atoms with Gasteiger partial charge in [0, 0.05) is 37.3 Å². The van der Waals surface area contributed by atoms with Crippen LogP contribution in [0.1, 0.15) is 25.0 Å². The summed E-state index contributed by atoms with van der Waals surface area (Å²) in [7, 11) is 2.10. The Balaban J connectivity index is 1.80. The molecule has 1 aromatic carbocycles. The lowest BCUT2D eigenvalue weighted by molar-refractivity contribution is -0.108. The molecule has 0 unspecified atom stereocenters. The minimum absolute atomic E-state index is 0.130. The molecule has 0 saturated carbocycles. The van der Waals surface area contributed by atoms with Gasteiger partial charge in [0.05, 0.1) is 11.0 Å². The first kappa shape index (κ1) is 18.1. The van der Waals surface area contributed by atoms with E-state index in [1.165, 1.54) is 6.20 Å². The van der Waals surface area contributed by atoms with E-state index in [1.54, 1.807) is 6.20 Å². The van der Waals surface area contributed by atoms with Crippen LogP contribution in [0.25, 0.3) is 22.2 Å². The molecule has 2 N–H and O–H groups in total. The molecule has 1 aliphatic rings. The standard InChI is InChI=1S/C22H26FN3O/c1-13-9-16(17-7-8-24-21-20(17)19(23)10-25-21)5-6-18(13)22(27)14(2)11-26(4)12-15(22)3/h5-10,14-15,27H,11-12H2,1-4H3,(H,24,25)/t14-,15+,22-. The molecule has 5 heteroatoms. The number of fused-ring (bicyclic) bond motifs is 1. The summed E-state index contributed by atoms with van der Waals surface area (Å²) in [6.07, 6.45) is 3.03. The van der Waals surface area contributed by atoms with Crippen LogP contribution in [0.5, 0.6) is 0 Å². The quantitative estimate of drug-likeness (QED) is 0.717. The number of likely N-dealkylation sites (tertiary alicyclic amines) is 1. The highest BCUT2D eigenvalue weighted by Crippen LogP contribution is 2.43. The molecule has 27 heavy (non-hydrogen) atoms. The number of hydrogen-bond donors (Lipinski definition) is 2. The molecule has 1 aliphatic heterocycles. The third-order valence-corrected chi connectivity index (χ3v) is 6.17. The van der Waals surface area contributed by atoms with Crippen molar-refractivity contribution < 1.29 is 9.50 Å². The Morgan fingerprint density at radius 2 is 1.93 bits per heavy atom. The number of aromatic amines is 1. The van der Waals surface area contributed by atoms with Crippen LogP contribution in [-0.4, -0.2) is 40.1 Å². The highest BCUT2D eigenvalue weighted by atomic mass is 19.1. The summed E-state index contributed by atoms with van der Waals surface area (Å²) < 4.78 is 14.2. The molecular formula is C22H26FN3O. The molecule has 1 fully saturated rings. The van der Waals surface area contributed by atoms with Gasteiger partial charge in [0.25, 0.3) is 0 Å². The summed E-state index contributed by atoms with van der Waals surface area (Å²) in [4.78, 5) is 9.34. The van der Waals surface area contributed by atoms with Crippen LogP contribution in [0.4, 0.5) is 4.39 Å². The summed E-state index contributed by atoms with van der Waals surface area (Å²) >= 11 is 0. The number of nitrogens with zero attached hydrogens (tertiary/aromatic N) is 2. The largest absolute Gasteiger partial charge is 0.384 e. The fourth-order valence-electron chi connectivity index (χ4n) is 4.84. The lowest BCUT2D eigenvalue weighted by Gasteiger charge is -2.47. The number of aliphatic hydroxyl groups is 1. The molecule has 0 amide bonds. The third kappa shape index (κ3) is 2.77. The molecule has 4 rings (SSSR count). The zero-order valence-electron chi connectivity index (χ0n) is 16.3. The summed E-state index contributed by atoms with van der Waals surface area (Å²) in [5, 5.41) is 12.1. The summed E-state index contributed by atoms with van der Waals surface area (Å²) in [6, 6.07) is 7.88. The van der Waals surface area contributed by atoms with Gasteiger partial charge >= 0.3 is 0 Å². The SMILES string of the molecule is Cc1cc(-c2ccnc3[nH]cc(F)c23)ccc1[C@@]1(O)[C@H](C)CN(C)C[C@@H]1C. The molecule has 142 valence electrons. The van der Waals surface area contributed by atoms with Gasteiger partial charge in [-0.2, -0.15) is 0 Å². The van der Waals surface area contributed by atoms with E-state index in [0.29, 0.717) is 11.0 Å². The van der Waals surface area contributed by atoms with Crippen molar-refractivity contribution in [2.45, 2.75) is 26.4 Å². The number of hydrogen-bond acceptors (Lipinski definition) is 3. The van der Waals surface area contributed by atoms with Gasteiger partial charge in [0.1, 0.15) is 5.65 Å². The summed E-state index contributed by atoms with van der Waals surface area (Å²) in [6.45, 7) is 7.98. The average Bonchev–Trinajstić information content (AvgIpc) is 3.01. The number of pyridine rings is 1. The normalized spacial score (nSPS) is 26.6. The van der Waals surface area contributed by atoms with Gasteiger partial charge in [-0.15, -0.1) is 0 Å². The van der Waals surface area contributed by atoms with Crippen molar-refractivity contribution in [1.29, 1.82) is 0 Å². The minimum atomic E-state index is -0.859. The third-order valence-electron chi connectivity index (χ3n) is 6.17. The van der Waals surface area contributed by atoms with Crippen LogP contribution in [0.2, 0.25) is 0 Å². The number of aromatic nitrogens is 2. The van der Waals surface area contributed by atoms with Gasteiger partial charge in [-0.25, -0.2) is 9.37 Å². The van der Waals surface area contributed by atoms with E-state index in [-0.39, 0.29) is 17.7 Å². The number of H-pyrrole nitrogens is 1. The Hall–Kier alpha value is -2.24. The highest BCUT2D eigenvalue weighted by Gasteiger charge is 2.45. The highest BCUT2D eigenvalue weighted by molar-refractivity contribution is 5.93. The number of aryl methyl sites for hydroxylation is 1. The van der Waals surface area contributed by atoms with Crippen LogP contribution < -0.4 is 0 Å². The predicted molar refractivity (Wildman–Crippen MR) is 106 cm³/mol. The monoisotopic (exact) mass is 367 g/mol. The second-order valence-electron chi connectivity index (χ2n) is 8.10. The van der Waals surface area contributed by atoms with E-state index in [0.717, 1.165) is 35.3 Å². The van der Waals surface area contributed by atoms with E-state index in [4.69, 9.17) is 0 Å². The van der Waals surface area contributed by atoms with E-state index >= 15 is 0 Å².